The summed E-state index contributed by atoms with van der Waals surface area (Å²) in [6.45, 7) is 3.43. The highest BCUT2D eigenvalue weighted by Crippen LogP contribution is 2.40. The monoisotopic (exact) mass is 504 g/mol. The van der Waals surface area contributed by atoms with Crippen LogP contribution in [-0.4, -0.2) is 27.9 Å². The van der Waals surface area contributed by atoms with Gasteiger partial charge in [0, 0.05) is 17.5 Å². The molecular weight excluding hydrogens is 475 g/mol. The van der Waals surface area contributed by atoms with E-state index in [9.17, 15) is 8.42 Å². The van der Waals surface area contributed by atoms with Crippen LogP contribution in [0.15, 0.2) is 83.8 Å². The molecule has 1 fully saturated rings. The lowest BCUT2D eigenvalue weighted by Crippen LogP contribution is -2.42. The van der Waals surface area contributed by atoms with E-state index in [0.29, 0.717) is 11.4 Å². The number of piperidine rings is 1. The van der Waals surface area contributed by atoms with Crippen LogP contribution in [0.1, 0.15) is 30.4 Å². The molecule has 0 spiro atoms. The maximum Gasteiger partial charge on any atom is 0.261 e. The van der Waals surface area contributed by atoms with Crippen molar-refractivity contribution < 1.29 is 17.5 Å². The van der Waals surface area contributed by atoms with Crippen LogP contribution in [-0.2, 0) is 15.4 Å². The number of halogens is 2. The Hall–Kier alpha value is -2.61. The van der Waals surface area contributed by atoms with Crippen molar-refractivity contribution in [3.8, 4) is 5.75 Å². The molecule has 2 N–H and O–H groups in total. The second-order valence-corrected chi connectivity index (χ2v) is 10.3. The topological polar surface area (TPSA) is 67.4 Å². The van der Waals surface area contributed by atoms with Crippen LogP contribution in [0, 0.1) is 6.92 Å². The van der Waals surface area contributed by atoms with E-state index >= 15 is 4.39 Å². The van der Waals surface area contributed by atoms with Gasteiger partial charge in [-0.25, -0.2) is 12.8 Å². The minimum atomic E-state index is -3.72. The van der Waals surface area contributed by atoms with Crippen molar-refractivity contribution in [2.75, 3.05) is 17.8 Å². The molecule has 1 aliphatic heterocycles. The average Bonchev–Trinajstić information content (AvgIpc) is 2.80. The number of rotatable bonds is 8. The van der Waals surface area contributed by atoms with Crippen molar-refractivity contribution in [2.24, 2.45) is 0 Å². The predicted molar refractivity (Wildman–Crippen MR) is 136 cm³/mol. The summed E-state index contributed by atoms with van der Waals surface area (Å²) >= 11 is 0. The molecule has 1 saturated heterocycles. The van der Waals surface area contributed by atoms with Gasteiger partial charge in [-0.1, -0.05) is 48.0 Å². The Morgan fingerprint density at radius 2 is 1.68 bits per heavy atom. The summed E-state index contributed by atoms with van der Waals surface area (Å²) in [4.78, 5) is 0.204. The van der Waals surface area contributed by atoms with E-state index in [4.69, 9.17) is 4.74 Å². The number of hydrogen-bond donors (Lipinski definition) is 2. The van der Waals surface area contributed by atoms with Crippen LogP contribution < -0.4 is 14.8 Å². The SMILES string of the molecule is Cc1ccc(S(=O)(=O)Nc2cccc(C3(CC(F)Oc4ccccc4)CCNCC3)c2)cc1.Cl. The van der Waals surface area contributed by atoms with E-state index in [1.54, 1.807) is 42.5 Å². The lowest BCUT2D eigenvalue weighted by molar-refractivity contribution is 0.0290. The lowest BCUT2D eigenvalue weighted by atomic mass is 9.70. The molecule has 0 bridgehead atoms. The second-order valence-electron chi connectivity index (χ2n) is 8.57. The summed E-state index contributed by atoms with van der Waals surface area (Å²) in [7, 11) is -3.72. The highest BCUT2D eigenvalue weighted by atomic mass is 35.5. The molecule has 1 aliphatic rings. The van der Waals surface area contributed by atoms with Gasteiger partial charge in [0.05, 0.1) is 4.90 Å². The van der Waals surface area contributed by atoms with E-state index in [0.717, 1.165) is 37.1 Å². The largest absolute Gasteiger partial charge is 0.460 e. The molecule has 34 heavy (non-hydrogen) atoms. The van der Waals surface area contributed by atoms with Gasteiger partial charge in [0.25, 0.3) is 10.0 Å². The van der Waals surface area contributed by atoms with Gasteiger partial charge in [0.1, 0.15) is 5.75 Å². The highest BCUT2D eigenvalue weighted by molar-refractivity contribution is 7.92. The molecule has 1 atom stereocenters. The van der Waals surface area contributed by atoms with Crippen molar-refractivity contribution in [1.82, 2.24) is 5.32 Å². The number of para-hydroxylation sites is 1. The third kappa shape index (κ3) is 6.29. The molecule has 4 rings (SSSR count). The van der Waals surface area contributed by atoms with Gasteiger partial charge in [-0.05, 0) is 74.8 Å². The number of anilines is 1. The van der Waals surface area contributed by atoms with Crippen LogP contribution in [0.25, 0.3) is 0 Å². The van der Waals surface area contributed by atoms with Gasteiger partial charge >= 0.3 is 0 Å². The molecule has 0 saturated carbocycles. The normalized spacial score (nSPS) is 16.2. The smallest absolute Gasteiger partial charge is 0.261 e. The van der Waals surface area contributed by atoms with Crippen molar-refractivity contribution >= 4 is 28.1 Å². The zero-order valence-corrected chi connectivity index (χ0v) is 20.7. The first kappa shape index (κ1) is 26.0. The molecule has 5 nitrogen and oxygen atoms in total. The van der Waals surface area contributed by atoms with Crippen molar-refractivity contribution in [3.05, 3.63) is 90.0 Å². The van der Waals surface area contributed by atoms with Crippen molar-refractivity contribution in [1.29, 1.82) is 0 Å². The molecule has 0 aromatic heterocycles. The summed E-state index contributed by atoms with van der Waals surface area (Å²) in [5, 5.41) is 3.34. The number of nitrogens with one attached hydrogen (secondary N) is 2. The van der Waals surface area contributed by atoms with E-state index in [-0.39, 0.29) is 23.7 Å². The fourth-order valence-corrected chi connectivity index (χ4v) is 5.41. The van der Waals surface area contributed by atoms with E-state index < -0.39 is 21.8 Å². The third-order valence-electron chi connectivity index (χ3n) is 6.18. The maximum atomic E-state index is 15.1. The number of sulfonamides is 1. The number of aryl methyl sites for hydroxylation is 1. The molecule has 0 radical (unpaired) electrons. The third-order valence-corrected chi connectivity index (χ3v) is 7.57. The maximum absolute atomic E-state index is 15.1. The summed E-state index contributed by atoms with van der Waals surface area (Å²) in [6.07, 6.45) is 0.190. The van der Waals surface area contributed by atoms with E-state index in [1.807, 2.05) is 43.3 Å². The summed E-state index contributed by atoms with van der Waals surface area (Å²) in [5.74, 6) is 0.494. The first-order valence-electron chi connectivity index (χ1n) is 11.1. The number of benzene rings is 3. The highest BCUT2D eigenvalue weighted by Gasteiger charge is 2.37. The average molecular weight is 505 g/mol. The Bertz CT molecular complexity index is 1170. The molecule has 1 unspecified atom stereocenters. The van der Waals surface area contributed by atoms with Crippen LogP contribution in [0.5, 0.6) is 5.75 Å². The number of hydrogen-bond acceptors (Lipinski definition) is 4. The van der Waals surface area contributed by atoms with Crippen molar-refractivity contribution in [3.63, 3.8) is 0 Å². The zero-order chi connectivity index (χ0) is 23.3. The minimum Gasteiger partial charge on any atom is -0.460 e. The molecule has 0 amide bonds. The van der Waals surface area contributed by atoms with Gasteiger partial charge in [0.2, 0.25) is 6.36 Å². The first-order valence-corrected chi connectivity index (χ1v) is 12.6. The summed E-state index contributed by atoms with van der Waals surface area (Å²) in [6, 6.07) is 23.0. The Labute approximate surface area is 207 Å². The van der Waals surface area contributed by atoms with Gasteiger partial charge in [-0.3, -0.25) is 4.72 Å². The molecular formula is C26H30ClFN2O3S. The molecule has 0 aliphatic carbocycles. The number of ether oxygens (including phenoxy) is 1. The van der Waals surface area contributed by atoms with Crippen LogP contribution >= 0.6 is 12.4 Å². The summed E-state index contributed by atoms with van der Waals surface area (Å²) < 4.78 is 49.0. The second kappa shape index (κ2) is 11.2. The van der Waals surface area contributed by atoms with E-state index in [1.165, 1.54) is 0 Å². The Morgan fingerprint density at radius 1 is 1.00 bits per heavy atom. The molecule has 8 heteroatoms. The Morgan fingerprint density at radius 3 is 2.35 bits per heavy atom. The van der Waals surface area contributed by atoms with Crippen molar-refractivity contribution in [2.45, 2.75) is 42.9 Å². The lowest BCUT2D eigenvalue weighted by Gasteiger charge is -2.39. The van der Waals surface area contributed by atoms with Gasteiger partial charge in [-0.2, -0.15) is 0 Å². The van der Waals surface area contributed by atoms with Gasteiger partial charge in [-0.15, -0.1) is 12.4 Å². The fourth-order valence-electron chi connectivity index (χ4n) is 4.36. The van der Waals surface area contributed by atoms with Crippen LogP contribution in [0.2, 0.25) is 0 Å². The molecule has 3 aromatic rings. The van der Waals surface area contributed by atoms with E-state index in [2.05, 4.69) is 10.0 Å². The predicted octanol–water partition coefficient (Wildman–Crippen LogP) is 5.60. The molecule has 3 aromatic carbocycles. The molecule has 182 valence electrons. The fraction of sp³-hybridized carbons (Fsp3) is 0.308. The Balaban J connectivity index is 0.00000324. The molecule has 1 heterocycles. The van der Waals surface area contributed by atoms with Crippen LogP contribution in [0.4, 0.5) is 10.1 Å². The number of alkyl halides is 1. The van der Waals surface area contributed by atoms with Crippen LogP contribution in [0.3, 0.4) is 0 Å². The summed E-state index contributed by atoms with van der Waals surface area (Å²) in [5.41, 5.74) is 1.91. The first-order chi connectivity index (χ1) is 15.9. The minimum absolute atomic E-state index is 0. The van der Waals surface area contributed by atoms with Gasteiger partial charge < -0.3 is 10.1 Å². The quantitative estimate of drug-likeness (QED) is 0.419. The standard InChI is InChI=1S/C26H29FN2O3S.ClH/c1-20-10-12-24(13-11-20)33(30,31)29-22-7-5-6-21(18-22)26(14-16-28-17-15-26)19-25(27)32-23-8-3-2-4-9-23;/h2-13,18,25,28-29H,14-17,19H2,1H3;1H. The van der Waals surface area contributed by atoms with Gasteiger partial charge in [0.15, 0.2) is 0 Å². The zero-order valence-electron chi connectivity index (χ0n) is 19.0. The Kier molecular flexibility index (Phi) is 8.57.